The monoisotopic (exact) mass is 333 g/mol. The zero-order valence-corrected chi connectivity index (χ0v) is 12.9. The molecule has 5 nitrogen and oxygen atoms in total. The highest BCUT2D eigenvalue weighted by Crippen LogP contribution is 2.26. The van der Waals surface area contributed by atoms with Gasteiger partial charge in [0.2, 0.25) is 11.5 Å². The highest BCUT2D eigenvalue weighted by Gasteiger charge is 2.26. The van der Waals surface area contributed by atoms with E-state index in [4.69, 9.17) is 9.57 Å². The molecule has 0 aromatic heterocycles. The Morgan fingerprint density at radius 1 is 1.32 bits per heavy atom. The molecule has 0 aromatic carbocycles. The lowest BCUT2D eigenvalue weighted by Crippen LogP contribution is -2.30. The van der Waals surface area contributed by atoms with Gasteiger partial charge in [0.05, 0.1) is 11.9 Å². The number of oxime groups is 1. The Hall–Kier alpha value is -0.910. The molecule has 0 spiro atoms. The topological polar surface area (TPSA) is 65.0 Å². The Morgan fingerprint density at radius 3 is 2.58 bits per heavy atom. The maximum Gasteiger partial charge on any atom is 0.364 e. The third kappa shape index (κ3) is 4.93. The van der Waals surface area contributed by atoms with Crippen molar-refractivity contribution in [1.82, 2.24) is 0 Å². The maximum atomic E-state index is 11.6. The summed E-state index contributed by atoms with van der Waals surface area (Å²) in [6.45, 7) is 3.97. The first kappa shape index (κ1) is 16.1. The fourth-order valence-corrected chi connectivity index (χ4v) is 2.29. The van der Waals surface area contributed by atoms with Gasteiger partial charge in [0.1, 0.15) is 6.10 Å². The van der Waals surface area contributed by atoms with Crippen LogP contribution in [0.25, 0.3) is 0 Å². The van der Waals surface area contributed by atoms with Crippen LogP contribution in [0.15, 0.2) is 5.16 Å². The van der Waals surface area contributed by atoms with Crippen LogP contribution in [0.4, 0.5) is 0 Å². The molecule has 19 heavy (non-hydrogen) atoms. The minimum absolute atomic E-state index is 0.0221. The number of nitrogens with zero attached hydrogens (tertiary/aromatic N) is 1. The zero-order chi connectivity index (χ0) is 14.3. The standard InChI is InChI=1S/C13H20BrNO4/c1-3-18-13(17)12(10(16)8-14)15-19-11-7-5-4-6-9(11)2/h9,11H,3-8H2,1-2H3/b15-12+/t9-,11-/m1/s1. The van der Waals surface area contributed by atoms with Crippen LogP contribution >= 0.6 is 15.9 Å². The van der Waals surface area contributed by atoms with E-state index in [-0.39, 0.29) is 23.8 Å². The number of rotatable bonds is 6. The molecule has 1 fully saturated rings. The first-order chi connectivity index (χ1) is 9.10. The molecule has 0 radical (unpaired) electrons. The third-order valence-electron chi connectivity index (χ3n) is 3.17. The second kappa shape index (κ2) is 8.30. The molecule has 1 saturated carbocycles. The van der Waals surface area contributed by atoms with Crippen molar-refractivity contribution in [3.05, 3.63) is 0 Å². The average Bonchev–Trinajstić information content (AvgIpc) is 2.41. The van der Waals surface area contributed by atoms with Gasteiger partial charge in [-0.15, -0.1) is 0 Å². The number of halogens is 1. The Bertz CT molecular complexity index is 357. The molecule has 0 saturated heterocycles. The predicted molar refractivity (Wildman–Crippen MR) is 75.4 cm³/mol. The highest BCUT2D eigenvalue weighted by molar-refractivity contribution is 9.09. The maximum absolute atomic E-state index is 11.6. The summed E-state index contributed by atoms with van der Waals surface area (Å²) >= 11 is 3.02. The lowest BCUT2D eigenvalue weighted by atomic mass is 9.88. The third-order valence-corrected chi connectivity index (χ3v) is 3.68. The predicted octanol–water partition coefficient (Wildman–Crippen LogP) is 2.46. The molecule has 0 bridgehead atoms. The number of Topliss-reactive ketones (excluding diaryl/α,β-unsaturated/α-hetero) is 1. The zero-order valence-electron chi connectivity index (χ0n) is 11.4. The van der Waals surface area contributed by atoms with Gasteiger partial charge in [0, 0.05) is 0 Å². The van der Waals surface area contributed by atoms with Gasteiger partial charge in [-0.2, -0.15) is 0 Å². The van der Waals surface area contributed by atoms with Gasteiger partial charge in [-0.3, -0.25) is 4.79 Å². The summed E-state index contributed by atoms with van der Waals surface area (Å²) in [5.41, 5.74) is -0.267. The Kier molecular flexibility index (Phi) is 7.05. The first-order valence-corrected chi connectivity index (χ1v) is 7.72. The molecular formula is C13H20BrNO4. The largest absolute Gasteiger partial charge is 0.461 e. The Balaban J connectivity index is 2.70. The number of ether oxygens (including phenoxy) is 1. The van der Waals surface area contributed by atoms with Crippen LogP contribution in [0.5, 0.6) is 0 Å². The van der Waals surface area contributed by atoms with Crippen molar-refractivity contribution in [2.75, 3.05) is 11.9 Å². The molecule has 6 heteroatoms. The number of alkyl halides is 1. The molecule has 2 atom stereocenters. The summed E-state index contributed by atoms with van der Waals surface area (Å²) in [6, 6.07) is 0. The van der Waals surface area contributed by atoms with Crippen LogP contribution in [0.2, 0.25) is 0 Å². The molecule has 108 valence electrons. The van der Waals surface area contributed by atoms with E-state index in [2.05, 4.69) is 28.0 Å². The van der Waals surface area contributed by atoms with Crippen molar-refractivity contribution in [1.29, 1.82) is 0 Å². The fraction of sp³-hybridized carbons (Fsp3) is 0.769. The quantitative estimate of drug-likeness (QED) is 0.246. The number of carbonyl (C=O) groups is 2. The second-order valence-corrected chi connectivity index (χ2v) is 5.18. The molecule has 0 N–H and O–H groups in total. The molecule has 1 aliphatic carbocycles. The van der Waals surface area contributed by atoms with Gasteiger partial charge in [0.15, 0.2) is 0 Å². The summed E-state index contributed by atoms with van der Waals surface area (Å²) < 4.78 is 4.80. The van der Waals surface area contributed by atoms with E-state index in [0.29, 0.717) is 5.92 Å². The summed E-state index contributed by atoms with van der Waals surface area (Å²) in [4.78, 5) is 28.6. The van der Waals surface area contributed by atoms with Crippen LogP contribution in [0.3, 0.4) is 0 Å². The minimum Gasteiger partial charge on any atom is -0.461 e. The van der Waals surface area contributed by atoms with Crippen LogP contribution in [0.1, 0.15) is 39.5 Å². The van der Waals surface area contributed by atoms with Crippen LogP contribution < -0.4 is 0 Å². The van der Waals surface area contributed by atoms with Gasteiger partial charge in [0.25, 0.3) is 0 Å². The minimum atomic E-state index is -0.726. The first-order valence-electron chi connectivity index (χ1n) is 6.60. The van der Waals surface area contributed by atoms with Crippen molar-refractivity contribution in [2.24, 2.45) is 11.1 Å². The van der Waals surface area contributed by atoms with Crippen LogP contribution in [-0.2, 0) is 19.2 Å². The Morgan fingerprint density at radius 2 is 2.00 bits per heavy atom. The summed E-state index contributed by atoms with van der Waals surface area (Å²) in [6.07, 6.45) is 4.24. The lowest BCUT2D eigenvalue weighted by molar-refractivity contribution is -0.136. The van der Waals surface area contributed by atoms with Crippen molar-refractivity contribution in [2.45, 2.75) is 45.6 Å². The fourth-order valence-electron chi connectivity index (χ4n) is 2.02. The van der Waals surface area contributed by atoms with E-state index in [1.165, 1.54) is 6.42 Å². The average molecular weight is 334 g/mol. The molecule has 0 amide bonds. The normalized spacial score (nSPS) is 23.8. The Labute approximate surface area is 121 Å². The molecule has 0 aromatic rings. The molecule has 0 heterocycles. The number of hydrogen-bond donors (Lipinski definition) is 0. The molecule has 0 unspecified atom stereocenters. The van der Waals surface area contributed by atoms with Crippen molar-refractivity contribution in [3.8, 4) is 0 Å². The van der Waals surface area contributed by atoms with E-state index >= 15 is 0 Å². The van der Waals surface area contributed by atoms with E-state index in [1.807, 2.05) is 0 Å². The van der Waals surface area contributed by atoms with Crippen molar-refractivity contribution < 1.29 is 19.2 Å². The second-order valence-electron chi connectivity index (χ2n) is 4.62. The SMILES string of the molecule is CCOC(=O)/C(=N/O[C@@H]1CCCC[C@H]1C)C(=O)CBr. The molecular weight excluding hydrogens is 314 g/mol. The summed E-state index contributed by atoms with van der Waals surface area (Å²) in [5.74, 6) is -0.766. The van der Waals surface area contributed by atoms with Crippen LogP contribution in [0, 0.1) is 5.92 Å². The molecule has 1 aliphatic rings. The summed E-state index contributed by atoms with van der Waals surface area (Å²) in [7, 11) is 0. The van der Waals surface area contributed by atoms with Gasteiger partial charge >= 0.3 is 5.97 Å². The smallest absolute Gasteiger partial charge is 0.364 e. The number of carbonyl (C=O) groups excluding carboxylic acids is 2. The van der Waals surface area contributed by atoms with Crippen LogP contribution in [-0.4, -0.2) is 35.5 Å². The van der Waals surface area contributed by atoms with Gasteiger partial charge < -0.3 is 9.57 Å². The van der Waals surface area contributed by atoms with E-state index in [0.717, 1.165) is 19.3 Å². The van der Waals surface area contributed by atoms with Gasteiger partial charge in [-0.25, -0.2) is 4.79 Å². The van der Waals surface area contributed by atoms with Gasteiger partial charge in [-0.1, -0.05) is 34.4 Å². The molecule has 1 rings (SSSR count). The van der Waals surface area contributed by atoms with E-state index in [9.17, 15) is 9.59 Å². The summed E-state index contributed by atoms with van der Waals surface area (Å²) in [5, 5.41) is 3.77. The lowest BCUT2D eigenvalue weighted by Gasteiger charge is -2.26. The van der Waals surface area contributed by atoms with E-state index in [1.54, 1.807) is 6.92 Å². The number of hydrogen-bond acceptors (Lipinski definition) is 5. The highest BCUT2D eigenvalue weighted by atomic mass is 79.9. The van der Waals surface area contributed by atoms with Gasteiger partial charge in [-0.05, 0) is 32.1 Å². The van der Waals surface area contributed by atoms with Crippen molar-refractivity contribution in [3.63, 3.8) is 0 Å². The number of esters is 1. The number of ketones is 1. The van der Waals surface area contributed by atoms with Crippen molar-refractivity contribution >= 4 is 33.4 Å². The molecule has 0 aliphatic heterocycles. The van der Waals surface area contributed by atoms with E-state index < -0.39 is 11.8 Å².